The van der Waals surface area contributed by atoms with E-state index in [-0.39, 0.29) is 17.9 Å². The summed E-state index contributed by atoms with van der Waals surface area (Å²) >= 11 is 0. The number of benzene rings is 1. The van der Waals surface area contributed by atoms with E-state index in [9.17, 15) is 14.4 Å². The molecule has 7 nitrogen and oxygen atoms in total. The first-order valence-corrected chi connectivity index (χ1v) is 6.25. The monoisotopic (exact) mass is 294 g/mol. The van der Waals surface area contributed by atoms with Gasteiger partial charge in [0.25, 0.3) is 5.91 Å². The third-order valence-corrected chi connectivity index (χ3v) is 2.19. The number of nitrogens with one attached hydrogen (secondary N) is 2. The molecule has 1 rings (SSSR count). The maximum atomic E-state index is 11.5. The summed E-state index contributed by atoms with van der Waals surface area (Å²) in [5.41, 5.74) is -0.403. The number of rotatable bonds is 4. The minimum absolute atomic E-state index is 0.0541. The number of carboxylic acid groups (broad SMARTS) is 1. The van der Waals surface area contributed by atoms with E-state index in [1.807, 2.05) is 0 Å². The SMILES string of the molecule is CC(C)(C)NC(=O)NC(=O)COc1cccc(C(=O)O)c1. The molecule has 1 aromatic carbocycles. The molecule has 0 heterocycles. The molecule has 0 saturated carbocycles. The lowest BCUT2D eigenvalue weighted by molar-refractivity contribution is -0.122. The Labute approximate surface area is 122 Å². The number of amides is 3. The van der Waals surface area contributed by atoms with Gasteiger partial charge in [0.2, 0.25) is 0 Å². The van der Waals surface area contributed by atoms with Gasteiger partial charge in [0, 0.05) is 5.54 Å². The summed E-state index contributed by atoms with van der Waals surface area (Å²) in [6.45, 7) is 4.96. The van der Waals surface area contributed by atoms with Crippen LogP contribution >= 0.6 is 0 Å². The van der Waals surface area contributed by atoms with Crippen LogP contribution in [-0.2, 0) is 4.79 Å². The zero-order valence-corrected chi connectivity index (χ0v) is 12.1. The number of hydrogen-bond donors (Lipinski definition) is 3. The van der Waals surface area contributed by atoms with Crippen molar-refractivity contribution >= 4 is 17.9 Å². The van der Waals surface area contributed by atoms with Crippen LogP contribution in [0.5, 0.6) is 5.75 Å². The van der Waals surface area contributed by atoms with Crippen LogP contribution in [0, 0.1) is 0 Å². The van der Waals surface area contributed by atoms with Crippen molar-refractivity contribution < 1.29 is 24.2 Å². The fraction of sp³-hybridized carbons (Fsp3) is 0.357. The van der Waals surface area contributed by atoms with E-state index in [2.05, 4.69) is 10.6 Å². The summed E-state index contributed by atoms with van der Waals surface area (Å²) in [5.74, 6) is -1.48. The molecule has 0 fully saturated rings. The number of carbonyl (C=O) groups excluding carboxylic acids is 2. The van der Waals surface area contributed by atoms with Crippen molar-refractivity contribution in [3.63, 3.8) is 0 Å². The summed E-state index contributed by atoms with van der Waals surface area (Å²) in [4.78, 5) is 33.7. The first-order valence-electron chi connectivity index (χ1n) is 6.25. The molecule has 1 aromatic rings. The van der Waals surface area contributed by atoms with Crippen LogP contribution in [0.1, 0.15) is 31.1 Å². The predicted octanol–water partition coefficient (Wildman–Crippen LogP) is 1.39. The molecule has 0 bridgehead atoms. The highest BCUT2D eigenvalue weighted by Crippen LogP contribution is 2.13. The van der Waals surface area contributed by atoms with Gasteiger partial charge in [-0.1, -0.05) is 6.07 Å². The minimum Gasteiger partial charge on any atom is -0.484 e. The lowest BCUT2D eigenvalue weighted by Crippen LogP contribution is -2.49. The Balaban J connectivity index is 2.48. The van der Waals surface area contributed by atoms with Gasteiger partial charge in [-0.2, -0.15) is 0 Å². The van der Waals surface area contributed by atoms with Gasteiger partial charge in [0.1, 0.15) is 5.75 Å². The highest BCUT2D eigenvalue weighted by Gasteiger charge is 2.16. The van der Waals surface area contributed by atoms with Gasteiger partial charge >= 0.3 is 12.0 Å². The number of hydrogen-bond acceptors (Lipinski definition) is 4. The van der Waals surface area contributed by atoms with Gasteiger partial charge in [-0.15, -0.1) is 0 Å². The third kappa shape index (κ3) is 6.42. The zero-order valence-electron chi connectivity index (χ0n) is 12.1. The molecule has 0 saturated heterocycles. The van der Waals surface area contributed by atoms with Crippen molar-refractivity contribution in [3.8, 4) is 5.75 Å². The van der Waals surface area contributed by atoms with Gasteiger partial charge in [-0.25, -0.2) is 9.59 Å². The molecule has 0 unspecified atom stereocenters. The van der Waals surface area contributed by atoms with Gasteiger partial charge in [-0.3, -0.25) is 10.1 Å². The van der Waals surface area contributed by atoms with Gasteiger partial charge < -0.3 is 15.2 Å². The summed E-state index contributed by atoms with van der Waals surface area (Å²) in [5, 5.41) is 13.5. The number of carboxylic acids is 1. The molecule has 0 spiro atoms. The molecule has 21 heavy (non-hydrogen) atoms. The molecular formula is C14H18N2O5. The molecule has 3 N–H and O–H groups in total. The Bertz CT molecular complexity index is 549. The Hall–Kier alpha value is -2.57. The maximum Gasteiger partial charge on any atom is 0.335 e. The molecule has 3 amide bonds. The van der Waals surface area contributed by atoms with Crippen molar-refractivity contribution in [3.05, 3.63) is 29.8 Å². The Morgan fingerprint density at radius 3 is 2.48 bits per heavy atom. The fourth-order valence-electron chi connectivity index (χ4n) is 1.40. The first kappa shape index (κ1) is 16.5. The molecular weight excluding hydrogens is 276 g/mol. The number of ether oxygens (including phenoxy) is 1. The van der Waals surface area contributed by atoms with E-state index in [4.69, 9.17) is 9.84 Å². The molecule has 7 heteroatoms. The number of imide groups is 1. The second-order valence-corrected chi connectivity index (χ2v) is 5.37. The van der Waals surface area contributed by atoms with Crippen LogP contribution in [0.2, 0.25) is 0 Å². The van der Waals surface area contributed by atoms with Crippen LogP contribution in [-0.4, -0.2) is 35.2 Å². The van der Waals surface area contributed by atoms with Gasteiger partial charge in [0.05, 0.1) is 5.56 Å². The smallest absolute Gasteiger partial charge is 0.335 e. The highest BCUT2D eigenvalue weighted by molar-refractivity contribution is 5.95. The lowest BCUT2D eigenvalue weighted by atomic mass is 10.1. The lowest BCUT2D eigenvalue weighted by Gasteiger charge is -2.20. The van der Waals surface area contributed by atoms with E-state index in [0.29, 0.717) is 0 Å². The molecule has 0 aliphatic carbocycles. The van der Waals surface area contributed by atoms with Crippen molar-refractivity contribution in [2.24, 2.45) is 0 Å². The second kappa shape index (κ2) is 6.74. The molecule has 114 valence electrons. The summed E-state index contributed by atoms with van der Waals surface area (Å²) in [6, 6.07) is 5.12. The quantitative estimate of drug-likeness (QED) is 0.778. The van der Waals surface area contributed by atoms with Crippen LogP contribution < -0.4 is 15.4 Å². The van der Waals surface area contributed by atoms with Crippen molar-refractivity contribution in [1.29, 1.82) is 0 Å². The molecule has 0 radical (unpaired) electrons. The van der Waals surface area contributed by atoms with E-state index in [1.54, 1.807) is 20.8 Å². The molecule has 0 aromatic heterocycles. The molecule has 0 atom stereocenters. The Morgan fingerprint density at radius 1 is 1.24 bits per heavy atom. The van der Waals surface area contributed by atoms with Crippen molar-refractivity contribution in [2.45, 2.75) is 26.3 Å². The first-order chi connectivity index (χ1) is 9.67. The fourth-order valence-corrected chi connectivity index (χ4v) is 1.40. The van der Waals surface area contributed by atoms with Gasteiger partial charge in [0.15, 0.2) is 6.61 Å². The van der Waals surface area contributed by atoms with Crippen molar-refractivity contribution in [2.75, 3.05) is 6.61 Å². The predicted molar refractivity (Wildman–Crippen MR) is 75.3 cm³/mol. The average Bonchev–Trinajstić information content (AvgIpc) is 2.34. The van der Waals surface area contributed by atoms with Crippen LogP contribution in [0.4, 0.5) is 4.79 Å². The third-order valence-electron chi connectivity index (χ3n) is 2.19. The minimum atomic E-state index is -1.09. The van der Waals surface area contributed by atoms with Crippen molar-refractivity contribution in [1.82, 2.24) is 10.6 Å². The van der Waals surface area contributed by atoms with Gasteiger partial charge in [-0.05, 0) is 39.0 Å². The van der Waals surface area contributed by atoms with E-state index in [0.717, 1.165) is 0 Å². The zero-order chi connectivity index (χ0) is 16.0. The van der Waals surface area contributed by atoms with Crippen LogP contribution in [0.15, 0.2) is 24.3 Å². The summed E-state index contributed by atoms with van der Waals surface area (Å²) in [6.07, 6.45) is 0. The number of aromatic carboxylic acids is 1. The highest BCUT2D eigenvalue weighted by atomic mass is 16.5. The van der Waals surface area contributed by atoms with E-state index in [1.165, 1.54) is 24.3 Å². The molecule has 0 aliphatic heterocycles. The average molecular weight is 294 g/mol. The summed E-state index contributed by atoms with van der Waals surface area (Å²) < 4.78 is 5.13. The Kier molecular flexibility index (Phi) is 5.29. The maximum absolute atomic E-state index is 11.5. The molecule has 0 aliphatic rings. The Morgan fingerprint density at radius 2 is 1.90 bits per heavy atom. The normalized spacial score (nSPS) is 10.6. The number of urea groups is 1. The van der Waals surface area contributed by atoms with Crippen LogP contribution in [0.3, 0.4) is 0 Å². The van der Waals surface area contributed by atoms with E-state index >= 15 is 0 Å². The number of carbonyl (C=O) groups is 3. The van der Waals surface area contributed by atoms with E-state index < -0.39 is 23.4 Å². The van der Waals surface area contributed by atoms with Crippen LogP contribution in [0.25, 0.3) is 0 Å². The summed E-state index contributed by atoms with van der Waals surface area (Å²) in [7, 11) is 0. The largest absolute Gasteiger partial charge is 0.484 e. The second-order valence-electron chi connectivity index (χ2n) is 5.37. The topological polar surface area (TPSA) is 105 Å². The standard InChI is InChI=1S/C14H18N2O5/c1-14(2,3)16-13(20)15-11(17)8-21-10-6-4-5-9(7-10)12(18)19/h4-7H,8H2,1-3H3,(H,18,19)(H2,15,16,17,20).